The van der Waals surface area contributed by atoms with Gasteiger partial charge in [-0.05, 0) is 40.0 Å². The molecular weight excluding hydrogens is 206 g/mol. The van der Waals surface area contributed by atoms with Crippen LogP contribution in [0.4, 0.5) is 0 Å². The van der Waals surface area contributed by atoms with Crippen molar-refractivity contribution in [2.75, 3.05) is 46.9 Å². The fourth-order valence-electron chi connectivity index (χ4n) is 1.84. The number of nitrogens with zero attached hydrogens (tertiary/aromatic N) is 2. The van der Waals surface area contributed by atoms with Gasteiger partial charge in [0.05, 0.1) is 6.10 Å². The van der Waals surface area contributed by atoms with Crippen LogP contribution in [0.3, 0.4) is 0 Å². The highest BCUT2D eigenvalue weighted by atomic mass is 16.5. The van der Waals surface area contributed by atoms with Gasteiger partial charge in [0.15, 0.2) is 0 Å². The van der Waals surface area contributed by atoms with E-state index in [0.29, 0.717) is 13.1 Å². The van der Waals surface area contributed by atoms with E-state index in [-0.39, 0.29) is 18.6 Å². The molecule has 1 unspecified atom stereocenters. The van der Waals surface area contributed by atoms with Gasteiger partial charge in [-0.3, -0.25) is 4.79 Å². The van der Waals surface area contributed by atoms with Crippen LogP contribution in [0.1, 0.15) is 12.8 Å². The first kappa shape index (κ1) is 13.4. The van der Waals surface area contributed by atoms with E-state index in [4.69, 9.17) is 10.5 Å². The number of morpholine rings is 1. The van der Waals surface area contributed by atoms with Crippen LogP contribution in [-0.4, -0.2) is 68.7 Å². The molecular formula is C11H23N3O2. The quantitative estimate of drug-likeness (QED) is 0.668. The summed E-state index contributed by atoms with van der Waals surface area (Å²) in [6.45, 7) is 3.36. The molecule has 0 aliphatic carbocycles. The molecule has 0 spiro atoms. The monoisotopic (exact) mass is 229 g/mol. The Bertz CT molecular complexity index is 221. The zero-order valence-corrected chi connectivity index (χ0v) is 10.3. The molecule has 1 saturated heterocycles. The topological polar surface area (TPSA) is 58.8 Å². The molecule has 94 valence electrons. The second-order valence-corrected chi connectivity index (χ2v) is 4.51. The van der Waals surface area contributed by atoms with Gasteiger partial charge in [-0.25, -0.2) is 0 Å². The Morgan fingerprint density at radius 3 is 2.94 bits per heavy atom. The largest absolute Gasteiger partial charge is 0.367 e. The number of ether oxygens (including phenoxy) is 1. The standard InChI is InChI=1S/C11H23N3O2/c1-13(2)6-3-7-14-8-10(4-5-12)16-9-11(14)15/h10H,3-9,12H2,1-2H3. The predicted octanol–water partition coefficient (Wildman–Crippen LogP) is -0.486. The third-order valence-corrected chi connectivity index (χ3v) is 2.74. The third kappa shape index (κ3) is 4.47. The van der Waals surface area contributed by atoms with Crippen LogP contribution in [-0.2, 0) is 9.53 Å². The Balaban J connectivity index is 2.29. The van der Waals surface area contributed by atoms with E-state index in [9.17, 15) is 4.79 Å². The van der Waals surface area contributed by atoms with Crippen molar-refractivity contribution in [2.24, 2.45) is 5.73 Å². The van der Waals surface area contributed by atoms with Gasteiger partial charge >= 0.3 is 0 Å². The van der Waals surface area contributed by atoms with Crippen molar-refractivity contribution >= 4 is 5.91 Å². The van der Waals surface area contributed by atoms with E-state index in [1.807, 2.05) is 19.0 Å². The molecule has 0 radical (unpaired) electrons. The SMILES string of the molecule is CN(C)CCCN1CC(CCN)OCC1=O. The minimum absolute atomic E-state index is 0.104. The van der Waals surface area contributed by atoms with Crippen molar-refractivity contribution in [1.82, 2.24) is 9.80 Å². The zero-order valence-electron chi connectivity index (χ0n) is 10.3. The normalized spacial score (nSPS) is 21.9. The van der Waals surface area contributed by atoms with Gasteiger partial charge in [0.1, 0.15) is 6.61 Å². The molecule has 1 atom stereocenters. The summed E-state index contributed by atoms with van der Waals surface area (Å²) in [5.41, 5.74) is 5.49. The Morgan fingerprint density at radius 1 is 1.56 bits per heavy atom. The van der Waals surface area contributed by atoms with E-state index >= 15 is 0 Å². The molecule has 1 aliphatic heterocycles. The molecule has 0 aromatic heterocycles. The summed E-state index contributed by atoms with van der Waals surface area (Å²) < 4.78 is 5.41. The highest BCUT2D eigenvalue weighted by Gasteiger charge is 2.25. The predicted molar refractivity (Wildman–Crippen MR) is 63.2 cm³/mol. The van der Waals surface area contributed by atoms with Crippen LogP contribution < -0.4 is 5.73 Å². The number of carbonyl (C=O) groups excluding carboxylic acids is 1. The lowest BCUT2D eigenvalue weighted by Crippen LogP contribution is -2.47. The number of rotatable bonds is 6. The number of nitrogens with two attached hydrogens (primary N) is 1. The van der Waals surface area contributed by atoms with Crippen LogP contribution in [0.25, 0.3) is 0 Å². The van der Waals surface area contributed by atoms with Crippen LogP contribution in [0.5, 0.6) is 0 Å². The van der Waals surface area contributed by atoms with E-state index in [0.717, 1.165) is 25.9 Å². The average Bonchev–Trinajstić information content (AvgIpc) is 2.22. The Hall–Kier alpha value is -0.650. The number of hydrogen-bond donors (Lipinski definition) is 1. The van der Waals surface area contributed by atoms with Crippen molar-refractivity contribution < 1.29 is 9.53 Å². The third-order valence-electron chi connectivity index (χ3n) is 2.74. The summed E-state index contributed by atoms with van der Waals surface area (Å²) in [5.74, 6) is 0.104. The first-order valence-electron chi connectivity index (χ1n) is 5.87. The number of carbonyl (C=O) groups is 1. The molecule has 1 fully saturated rings. The zero-order chi connectivity index (χ0) is 12.0. The second-order valence-electron chi connectivity index (χ2n) is 4.51. The highest BCUT2D eigenvalue weighted by molar-refractivity contribution is 5.78. The molecule has 1 heterocycles. The Kier molecular flexibility index (Phi) is 5.73. The average molecular weight is 229 g/mol. The Morgan fingerprint density at radius 2 is 2.31 bits per heavy atom. The maximum absolute atomic E-state index is 11.6. The molecule has 5 nitrogen and oxygen atoms in total. The van der Waals surface area contributed by atoms with E-state index in [1.165, 1.54) is 0 Å². The van der Waals surface area contributed by atoms with Gasteiger partial charge in [0.25, 0.3) is 0 Å². The summed E-state index contributed by atoms with van der Waals surface area (Å²) in [7, 11) is 4.08. The Labute approximate surface area is 97.5 Å². The molecule has 1 aliphatic rings. The van der Waals surface area contributed by atoms with Gasteiger partial charge in [-0.2, -0.15) is 0 Å². The lowest BCUT2D eigenvalue weighted by molar-refractivity contribution is -0.149. The molecule has 0 saturated carbocycles. The minimum atomic E-state index is 0.104. The van der Waals surface area contributed by atoms with Gasteiger partial charge in [0, 0.05) is 13.1 Å². The molecule has 1 amide bonds. The first-order valence-corrected chi connectivity index (χ1v) is 5.87. The van der Waals surface area contributed by atoms with Gasteiger partial charge in [-0.1, -0.05) is 0 Å². The smallest absolute Gasteiger partial charge is 0.248 e. The van der Waals surface area contributed by atoms with Crippen molar-refractivity contribution in [2.45, 2.75) is 18.9 Å². The van der Waals surface area contributed by atoms with Crippen molar-refractivity contribution in [3.05, 3.63) is 0 Å². The van der Waals surface area contributed by atoms with Gasteiger partial charge in [0.2, 0.25) is 5.91 Å². The number of amides is 1. The van der Waals surface area contributed by atoms with Crippen LogP contribution in [0, 0.1) is 0 Å². The summed E-state index contributed by atoms with van der Waals surface area (Å²) >= 11 is 0. The van der Waals surface area contributed by atoms with Crippen LogP contribution in [0.15, 0.2) is 0 Å². The maximum Gasteiger partial charge on any atom is 0.248 e. The lowest BCUT2D eigenvalue weighted by atomic mass is 10.2. The lowest BCUT2D eigenvalue weighted by Gasteiger charge is -2.32. The first-order chi connectivity index (χ1) is 7.63. The molecule has 0 aromatic rings. The van der Waals surface area contributed by atoms with Crippen molar-refractivity contribution in [3.8, 4) is 0 Å². The van der Waals surface area contributed by atoms with E-state index in [2.05, 4.69) is 4.90 Å². The minimum Gasteiger partial charge on any atom is -0.367 e. The van der Waals surface area contributed by atoms with Crippen LogP contribution >= 0.6 is 0 Å². The molecule has 1 rings (SSSR count). The van der Waals surface area contributed by atoms with Crippen molar-refractivity contribution in [3.63, 3.8) is 0 Å². The summed E-state index contributed by atoms with van der Waals surface area (Å²) in [6.07, 6.45) is 1.97. The molecule has 16 heavy (non-hydrogen) atoms. The van der Waals surface area contributed by atoms with Gasteiger partial charge in [-0.15, -0.1) is 0 Å². The fraction of sp³-hybridized carbons (Fsp3) is 0.909. The molecule has 5 heteroatoms. The van der Waals surface area contributed by atoms with Gasteiger partial charge < -0.3 is 20.3 Å². The maximum atomic E-state index is 11.6. The summed E-state index contributed by atoms with van der Waals surface area (Å²) in [6, 6.07) is 0. The highest BCUT2D eigenvalue weighted by Crippen LogP contribution is 2.09. The molecule has 0 aromatic carbocycles. The van der Waals surface area contributed by atoms with E-state index in [1.54, 1.807) is 0 Å². The van der Waals surface area contributed by atoms with E-state index < -0.39 is 0 Å². The number of hydrogen-bond acceptors (Lipinski definition) is 4. The fourth-order valence-corrected chi connectivity index (χ4v) is 1.84. The summed E-state index contributed by atoms with van der Waals surface area (Å²) in [4.78, 5) is 15.6. The van der Waals surface area contributed by atoms with Crippen molar-refractivity contribution in [1.29, 1.82) is 0 Å². The summed E-state index contributed by atoms with van der Waals surface area (Å²) in [5, 5.41) is 0. The second kappa shape index (κ2) is 6.83. The van der Waals surface area contributed by atoms with Crippen LogP contribution in [0.2, 0.25) is 0 Å². The molecule has 2 N–H and O–H groups in total. The molecule has 0 bridgehead atoms.